The lowest BCUT2D eigenvalue weighted by molar-refractivity contribution is 0.620. The molecule has 0 amide bonds. The topological polar surface area (TPSA) is 26.0 Å². The van der Waals surface area contributed by atoms with E-state index in [0.29, 0.717) is 27.9 Å². The summed E-state index contributed by atoms with van der Waals surface area (Å²) < 4.78 is 21.7. The molecule has 27 heavy (non-hydrogen) atoms. The van der Waals surface area contributed by atoms with Gasteiger partial charge in [0.15, 0.2) is 11.4 Å². The van der Waals surface area contributed by atoms with E-state index < -0.39 is 0 Å². The van der Waals surface area contributed by atoms with E-state index in [0.717, 1.165) is 22.1 Å². The van der Waals surface area contributed by atoms with Crippen LogP contribution in [0.5, 0.6) is 0 Å². The van der Waals surface area contributed by atoms with Crippen LogP contribution in [0.3, 0.4) is 0 Å². The smallest absolute Gasteiger partial charge is 0.164 e. The maximum atomic E-state index is 15.7. The van der Waals surface area contributed by atoms with E-state index in [1.807, 2.05) is 85.8 Å². The molecular formula is C24H16FNO. The van der Waals surface area contributed by atoms with Crippen molar-refractivity contribution < 1.29 is 8.81 Å². The van der Waals surface area contributed by atoms with Crippen LogP contribution in [0.4, 0.5) is 4.39 Å². The van der Waals surface area contributed by atoms with Crippen LogP contribution >= 0.6 is 0 Å². The molecule has 0 unspecified atom stereocenters. The van der Waals surface area contributed by atoms with Crippen LogP contribution in [0.25, 0.3) is 44.5 Å². The van der Waals surface area contributed by atoms with Gasteiger partial charge in [0, 0.05) is 10.9 Å². The summed E-state index contributed by atoms with van der Waals surface area (Å²) in [4.78, 5) is 4.68. The highest BCUT2D eigenvalue weighted by molar-refractivity contribution is 6.08. The Kier molecular flexibility index (Phi) is 3.54. The number of para-hydroxylation sites is 1. The first-order valence-corrected chi connectivity index (χ1v) is 8.85. The van der Waals surface area contributed by atoms with Gasteiger partial charge in [-0.1, -0.05) is 72.3 Å². The molecule has 0 saturated heterocycles. The van der Waals surface area contributed by atoms with Gasteiger partial charge in [0.25, 0.3) is 0 Å². The lowest BCUT2D eigenvalue weighted by Crippen LogP contribution is -1.95. The summed E-state index contributed by atoms with van der Waals surface area (Å²) in [6.07, 6.45) is 0. The van der Waals surface area contributed by atoms with Crippen molar-refractivity contribution in [1.82, 2.24) is 4.98 Å². The largest absolute Gasteiger partial charge is 0.454 e. The number of nitrogens with zero attached hydrogens (tertiary/aromatic N) is 1. The van der Waals surface area contributed by atoms with Gasteiger partial charge >= 0.3 is 0 Å². The Morgan fingerprint density at radius 1 is 0.778 bits per heavy atom. The van der Waals surface area contributed by atoms with Crippen molar-refractivity contribution in [3.05, 3.63) is 90.2 Å². The number of hydrogen-bond donors (Lipinski definition) is 0. The minimum Gasteiger partial charge on any atom is -0.454 e. The van der Waals surface area contributed by atoms with Crippen molar-refractivity contribution in [2.45, 2.75) is 6.92 Å². The molecule has 3 aromatic carbocycles. The molecule has 0 N–H and O–H groups in total. The Morgan fingerprint density at radius 3 is 2.26 bits per heavy atom. The molecule has 2 nitrogen and oxygen atoms in total. The first kappa shape index (κ1) is 15.8. The van der Waals surface area contributed by atoms with Crippen LogP contribution in [0.15, 0.2) is 83.3 Å². The van der Waals surface area contributed by atoms with Gasteiger partial charge in [-0.05, 0) is 24.6 Å². The third kappa shape index (κ3) is 2.51. The number of pyridine rings is 1. The van der Waals surface area contributed by atoms with Gasteiger partial charge in [-0.2, -0.15) is 0 Å². The molecule has 0 atom stereocenters. The first-order valence-electron chi connectivity index (χ1n) is 8.85. The number of aromatic nitrogens is 1. The maximum absolute atomic E-state index is 15.7. The molecule has 0 radical (unpaired) electrons. The Morgan fingerprint density at radius 2 is 1.48 bits per heavy atom. The van der Waals surface area contributed by atoms with Crippen LogP contribution in [0.1, 0.15) is 5.56 Å². The second-order valence-corrected chi connectivity index (χ2v) is 6.66. The molecule has 0 fully saturated rings. The quantitative estimate of drug-likeness (QED) is 0.350. The van der Waals surface area contributed by atoms with E-state index in [-0.39, 0.29) is 5.82 Å². The van der Waals surface area contributed by atoms with Crippen LogP contribution in [0, 0.1) is 12.7 Å². The maximum Gasteiger partial charge on any atom is 0.164 e. The van der Waals surface area contributed by atoms with Gasteiger partial charge in [-0.15, -0.1) is 0 Å². The fraction of sp³-hybridized carbons (Fsp3) is 0.0417. The van der Waals surface area contributed by atoms with Crippen LogP contribution < -0.4 is 0 Å². The number of hydrogen-bond acceptors (Lipinski definition) is 2. The summed E-state index contributed by atoms with van der Waals surface area (Å²) in [5, 5.41) is 0.887. The van der Waals surface area contributed by atoms with E-state index in [2.05, 4.69) is 4.98 Å². The van der Waals surface area contributed by atoms with E-state index >= 15 is 4.39 Å². The number of benzene rings is 3. The summed E-state index contributed by atoms with van der Waals surface area (Å²) in [6, 6.07) is 24.9. The molecule has 0 spiro atoms. The van der Waals surface area contributed by atoms with Gasteiger partial charge in [-0.3, -0.25) is 0 Å². The lowest BCUT2D eigenvalue weighted by atomic mass is 10.00. The van der Waals surface area contributed by atoms with Gasteiger partial charge in [0.1, 0.15) is 16.8 Å². The van der Waals surface area contributed by atoms with Crippen molar-refractivity contribution in [1.29, 1.82) is 0 Å². The Balaban J connectivity index is 1.93. The molecule has 0 saturated carbocycles. The van der Waals surface area contributed by atoms with Crippen molar-refractivity contribution in [2.75, 3.05) is 0 Å². The third-order valence-electron chi connectivity index (χ3n) is 4.83. The molecule has 0 aliphatic carbocycles. The average Bonchev–Trinajstić information content (AvgIpc) is 3.07. The van der Waals surface area contributed by atoms with E-state index in [9.17, 15) is 0 Å². The molecule has 5 rings (SSSR count). The monoisotopic (exact) mass is 353 g/mol. The number of aryl methyl sites for hydroxylation is 1. The average molecular weight is 353 g/mol. The number of rotatable bonds is 2. The van der Waals surface area contributed by atoms with E-state index in [1.165, 1.54) is 0 Å². The van der Waals surface area contributed by atoms with Crippen molar-refractivity contribution in [2.24, 2.45) is 0 Å². The second-order valence-electron chi connectivity index (χ2n) is 6.66. The van der Waals surface area contributed by atoms with Crippen LogP contribution in [-0.4, -0.2) is 4.98 Å². The zero-order chi connectivity index (χ0) is 18.4. The van der Waals surface area contributed by atoms with Gasteiger partial charge in [-0.25, -0.2) is 9.37 Å². The minimum atomic E-state index is -0.364. The molecule has 0 bridgehead atoms. The van der Waals surface area contributed by atoms with Crippen molar-refractivity contribution in [3.8, 4) is 22.4 Å². The predicted octanol–water partition coefficient (Wildman–Crippen LogP) is 6.76. The van der Waals surface area contributed by atoms with Gasteiger partial charge < -0.3 is 4.42 Å². The predicted molar refractivity (Wildman–Crippen MR) is 107 cm³/mol. The van der Waals surface area contributed by atoms with Crippen molar-refractivity contribution >= 4 is 22.1 Å². The summed E-state index contributed by atoms with van der Waals surface area (Å²) >= 11 is 0. The highest BCUT2D eigenvalue weighted by Crippen LogP contribution is 2.39. The molecular weight excluding hydrogens is 337 g/mol. The fourth-order valence-electron chi connectivity index (χ4n) is 3.46. The second kappa shape index (κ2) is 6.06. The standard InChI is InChI=1S/C24H16FNO/c1-15-11-13-17(14-12-15)22-21(25)20(16-7-3-2-4-8-16)24-23(26-22)18-9-5-6-10-19(18)27-24/h2-14H,1H3. The third-order valence-corrected chi connectivity index (χ3v) is 4.83. The van der Waals surface area contributed by atoms with Crippen molar-refractivity contribution in [3.63, 3.8) is 0 Å². The highest BCUT2D eigenvalue weighted by atomic mass is 19.1. The summed E-state index contributed by atoms with van der Waals surface area (Å²) in [6.45, 7) is 2.01. The number of fused-ring (bicyclic) bond motifs is 3. The zero-order valence-corrected chi connectivity index (χ0v) is 14.7. The van der Waals surface area contributed by atoms with Gasteiger partial charge in [0.2, 0.25) is 0 Å². The highest BCUT2D eigenvalue weighted by Gasteiger charge is 2.22. The van der Waals surface area contributed by atoms with E-state index in [1.54, 1.807) is 0 Å². The molecule has 2 aromatic heterocycles. The minimum absolute atomic E-state index is 0.341. The van der Waals surface area contributed by atoms with E-state index in [4.69, 9.17) is 4.42 Å². The lowest BCUT2D eigenvalue weighted by Gasteiger charge is -2.10. The Hall–Kier alpha value is -3.46. The summed E-state index contributed by atoms with van der Waals surface area (Å²) in [5.41, 5.74) is 5.31. The Bertz CT molecular complexity index is 1270. The summed E-state index contributed by atoms with van der Waals surface area (Å²) in [5.74, 6) is -0.364. The number of furan rings is 1. The zero-order valence-electron chi connectivity index (χ0n) is 14.7. The molecule has 3 heteroatoms. The normalized spacial score (nSPS) is 11.3. The first-order chi connectivity index (χ1) is 13.2. The molecule has 0 aliphatic rings. The molecule has 5 aromatic rings. The SMILES string of the molecule is Cc1ccc(-c2nc3c(oc4ccccc43)c(-c3ccccc3)c2F)cc1. The van der Waals surface area contributed by atoms with Crippen LogP contribution in [-0.2, 0) is 0 Å². The van der Waals surface area contributed by atoms with Crippen LogP contribution in [0.2, 0.25) is 0 Å². The molecule has 0 aliphatic heterocycles. The van der Waals surface area contributed by atoms with Gasteiger partial charge in [0.05, 0.1) is 5.56 Å². The Labute approximate surface area is 155 Å². The number of halogens is 1. The summed E-state index contributed by atoms with van der Waals surface area (Å²) in [7, 11) is 0. The fourth-order valence-corrected chi connectivity index (χ4v) is 3.46. The molecule has 130 valence electrons. The molecule has 2 heterocycles.